The van der Waals surface area contributed by atoms with Crippen LogP contribution in [-0.2, 0) is 24.0 Å². The van der Waals surface area contributed by atoms with Crippen molar-refractivity contribution >= 4 is 47.0 Å². The Hall–Kier alpha value is -4.13. The van der Waals surface area contributed by atoms with Crippen LogP contribution >= 0.6 is 11.8 Å². The number of nitrogens with zero attached hydrogens (tertiary/aromatic N) is 2. The number of benzene rings is 1. The first-order valence-electron chi connectivity index (χ1n) is 11.0. The molecule has 12 nitrogen and oxygen atoms in total. The van der Waals surface area contributed by atoms with Gasteiger partial charge in [-0.3, -0.25) is 19.4 Å². The normalized spacial score (nSPS) is 26.0. The third-order valence-electron chi connectivity index (χ3n) is 6.24. The highest BCUT2D eigenvalue weighted by Gasteiger charge is 2.64. The van der Waals surface area contributed by atoms with E-state index >= 15 is 0 Å². The van der Waals surface area contributed by atoms with Crippen molar-refractivity contribution in [3.05, 3.63) is 53.3 Å². The molecule has 194 valence electrons. The molecule has 0 spiro atoms. The first-order chi connectivity index (χ1) is 17.4. The number of carboxylic acid groups (broad SMARTS) is 2. The van der Waals surface area contributed by atoms with Crippen molar-refractivity contribution in [1.29, 1.82) is 0 Å². The van der Waals surface area contributed by atoms with E-state index in [1.54, 1.807) is 13.8 Å². The summed E-state index contributed by atoms with van der Waals surface area (Å²) in [5, 5.41) is 31.1. The van der Waals surface area contributed by atoms with Crippen molar-refractivity contribution in [1.82, 2.24) is 10.2 Å². The number of allylic oxidation sites excluding steroid dienone is 2. The Labute approximate surface area is 214 Å². The maximum absolute atomic E-state index is 13.4. The molecule has 0 radical (unpaired) electrons. The third-order valence-corrected chi connectivity index (χ3v) is 7.82. The molecule has 3 aliphatic rings. The van der Waals surface area contributed by atoms with Crippen molar-refractivity contribution < 1.29 is 44.0 Å². The van der Waals surface area contributed by atoms with Crippen LogP contribution in [-0.4, -0.2) is 84.8 Å². The number of carbonyl (C=O) groups is 5. The van der Waals surface area contributed by atoms with Crippen molar-refractivity contribution in [2.75, 3.05) is 7.11 Å². The van der Waals surface area contributed by atoms with E-state index in [0.717, 1.165) is 12.2 Å². The van der Waals surface area contributed by atoms with Crippen LogP contribution in [0.25, 0.3) is 0 Å². The van der Waals surface area contributed by atoms with Gasteiger partial charge in [0.2, 0.25) is 17.6 Å². The molecule has 4 N–H and O–H groups in total. The minimum Gasteiger partial charge on any atom is -0.507 e. The van der Waals surface area contributed by atoms with Gasteiger partial charge in [0.15, 0.2) is 6.04 Å². The summed E-state index contributed by atoms with van der Waals surface area (Å²) in [6.07, 6.45) is 1.85. The number of methoxy groups -OCH3 is 1. The summed E-state index contributed by atoms with van der Waals surface area (Å²) in [4.78, 5) is 67.6. The summed E-state index contributed by atoms with van der Waals surface area (Å²) in [6.45, 7) is 3.39. The lowest BCUT2D eigenvalue weighted by Gasteiger charge is -2.43. The zero-order chi connectivity index (χ0) is 27.2. The fourth-order valence-electron chi connectivity index (χ4n) is 4.48. The molecule has 37 heavy (non-hydrogen) atoms. The van der Waals surface area contributed by atoms with Crippen LogP contribution in [0.5, 0.6) is 5.75 Å². The van der Waals surface area contributed by atoms with Gasteiger partial charge in [0.25, 0.3) is 0 Å². The van der Waals surface area contributed by atoms with E-state index in [1.807, 2.05) is 0 Å². The number of aliphatic carboxylic acids is 2. The van der Waals surface area contributed by atoms with E-state index in [-0.39, 0.29) is 5.56 Å². The standard InChI is InChI=1S/C24H23N3O9S/c1-24(2)18(23(34)35)27-20(31)17(21(27)37-24)26-19(30)15(10-4-6-11(36-3)7-5-10)25-16-13(29)9-8-12(28)14(16)22(32)33/h4-9,15,17-18,21,28H,1-3H3,(H,26,30)(H,32,33)(H,34,35)/t15-,17-,18+,21-/m1/s1. The van der Waals surface area contributed by atoms with Gasteiger partial charge < -0.3 is 30.3 Å². The van der Waals surface area contributed by atoms with Gasteiger partial charge in [-0.25, -0.2) is 9.59 Å². The number of amides is 2. The highest BCUT2D eigenvalue weighted by atomic mass is 32.2. The number of hydrogen-bond donors (Lipinski definition) is 4. The predicted molar refractivity (Wildman–Crippen MR) is 130 cm³/mol. The molecule has 2 heterocycles. The molecule has 4 rings (SSSR count). The predicted octanol–water partition coefficient (Wildman–Crippen LogP) is 0.845. The second kappa shape index (κ2) is 9.39. The van der Waals surface area contributed by atoms with E-state index in [1.165, 1.54) is 48.0 Å². The molecule has 1 aliphatic carbocycles. The quantitative estimate of drug-likeness (QED) is 0.292. The Balaban J connectivity index is 1.69. The maximum Gasteiger partial charge on any atom is 0.341 e. The smallest absolute Gasteiger partial charge is 0.341 e. The van der Waals surface area contributed by atoms with Crippen LogP contribution in [0.3, 0.4) is 0 Å². The fourth-order valence-corrected chi connectivity index (χ4v) is 6.10. The first-order valence-corrected chi connectivity index (χ1v) is 11.9. The molecular weight excluding hydrogens is 506 g/mol. The van der Waals surface area contributed by atoms with Crippen LogP contribution in [0.1, 0.15) is 25.5 Å². The molecule has 4 atom stereocenters. The number of hydrogen-bond acceptors (Lipinski definition) is 9. The zero-order valence-corrected chi connectivity index (χ0v) is 20.7. The molecular formula is C24H23N3O9S. The van der Waals surface area contributed by atoms with Crippen molar-refractivity contribution in [2.45, 2.75) is 42.1 Å². The molecule has 0 unspecified atom stereocenters. The molecule has 1 aromatic carbocycles. The lowest BCUT2D eigenvalue weighted by atomic mass is 9.95. The van der Waals surface area contributed by atoms with Gasteiger partial charge in [-0.15, -0.1) is 11.8 Å². The van der Waals surface area contributed by atoms with Crippen molar-refractivity contribution in [3.63, 3.8) is 0 Å². The van der Waals surface area contributed by atoms with Gasteiger partial charge in [0, 0.05) is 4.75 Å². The molecule has 2 amide bonds. The van der Waals surface area contributed by atoms with E-state index in [9.17, 15) is 39.3 Å². The van der Waals surface area contributed by atoms with Gasteiger partial charge >= 0.3 is 11.9 Å². The maximum atomic E-state index is 13.4. The Bertz CT molecular complexity index is 1300. The molecule has 0 bridgehead atoms. The van der Waals surface area contributed by atoms with Gasteiger partial charge in [0.1, 0.15) is 40.3 Å². The summed E-state index contributed by atoms with van der Waals surface area (Å²) >= 11 is 1.24. The number of carboxylic acids is 2. The summed E-state index contributed by atoms with van der Waals surface area (Å²) in [5.41, 5.74) is -1.14. The summed E-state index contributed by atoms with van der Waals surface area (Å²) in [5.74, 6) is -5.23. The van der Waals surface area contributed by atoms with Crippen LogP contribution < -0.4 is 10.1 Å². The number of fused-ring (bicyclic) bond motifs is 1. The van der Waals surface area contributed by atoms with E-state index < -0.39 is 74.8 Å². The second-order valence-corrected chi connectivity index (χ2v) is 10.8. The molecule has 13 heteroatoms. The van der Waals surface area contributed by atoms with Gasteiger partial charge in [-0.2, -0.15) is 0 Å². The monoisotopic (exact) mass is 529 g/mol. The zero-order valence-electron chi connectivity index (χ0n) is 19.9. The number of β-lactam (4-membered cyclic amide) rings is 1. The number of thioether (sulfide) groups is 1. The number of ether oxygens (including phenoxy) is 1. The lowest BCUT2D eigenvalue weighted by molar-refractivity contribution is -0.161. The average Bonchev–Trinajstić information content (AvgIpc) is 3.10. The molecule has 2 aliphatic heterocycles. The van der Waals surface area contributed by atoms with Crippen LogP contribution in [0.4, 0.5) is 0 Å². The number of ketones is 1. The molecule has 2 fully saturated rings. The Kier molecular flexibility index (Phi) is 6.59. The number of aliphatic imine (C=N–C) groups is 1. The Morgan fingerprint density at radius 2 is 1.78 bits per heavy atom. The van der Waals surface area contributed by atoms with Crippen molar-refractivity contribution in [3.8, 4) is 5.75 Å². The van der Waals surface area contributed by atoms with Gasteiger partial charge in [0.05, 0.1) is 7.11 Å². The minimum atomic E-state index is -1.61. The largest absolute Gasteiger partial charge is 0.507 e. The van der Waals surface area contributed by atoms with Crippen LogP contribution in [0.15, 0.2) is 52.7 Å². The van der Waals surface area contributed by atoms with Gasteiger partial charge in [-0.1, -0.05) is 12.1 Å². The first kappa shape index (κ1) is 25.9. The number of aliphatic hydroxyl groups is 1. The minimum absolute atomic E-state index is 0.254. The van der Waals surface area contributed by atoms with E-state index in [0.29, 0.717) is 5.75 Å². The number of carbonyl (C=O) groups excluding carboxylic acids is 3. The summed E-state index contributed by atoms with van der Waals surface area (Å²) in [7, 11) is 1.44. The van der Waals surface area contributed by atoms with Gasteiger partial charge in [-0.05, 0) is 43.7 Å². The molecule has 2 saturated heterocycles. The van der Waals surface area contributed by atoms with E-state index in [4.69, 9.17) is 4.74 Å². The number of nitrogens with one attached hydrogen (secondary N) is 1. The van der Waals surface area contributed by atoms with E-state index in [2.05, 4.69) is 10.3 Å². The highest BCUT2D eigenvalue weighted by molar-refractivity contribution is 8.01. The number of rotatable bonds is 7. The number of aliphatic hydroxyl groups excluding tert-OH is 1. The Morgan fingerprint density at radius 3 is 2.35 bits per heavy atom. The van der Waals surface area contributed by atoms with Crippen LogP contribution in [0, 0.1) is 0 Å². The fraction of sp³-hybridized carbons (Fsp3) is 0.333. The summed E-state index contributed by atoms with van der Waals surface area (Å²) in [6, 6.07) is 2.45. The molecule has 0 saturated carbocycles. The summed E-state index contributed by atoms with van der Waals surface area (Å²) < 4.78 is 4.32. The third kappa shape index (κ3) is 4.46. The molecule has 0 aromatic heterocycles. The lowest BCUT2D eigenvalue weighted by Crippen LogP contribution is -2.70. The SMILES string of the molecule is COc1ccc([C@@H](N=C2C(=O)C=CC(O)=C2C(=O)O)C(=O)N[C@@H]2C(=O)N3[C@@H]2SC(C)(C)[C@@H]3C(=O)O)cc1. The Morgan fingerprint density at radius 1 is 1.14 bits per heavy atom. The topological polar surface area (TPSA) is 183 Å². The van der Waals surface area contributed by atoms with Crippen LogP contribution in [0.2, 0.25) is 0 Å². The molecule has 1 aromatic rings. The average molecular weight is 530 g/mol. The van der Waals surface area contributed by atoms with Crippen molar-refractivity contribution in [2.24, 2.45) is 4.99 Å². The highest BCUT2D eigenvalue weighted by Crippen LogP contribution is 2.50. The second-order valence-electron chi connectivity index (χ2n) is 9.00.